The summed E-state index contributed by atoms with van der Waals surface area (Å²) in [6.07, 6.45) is 10.7. The Morgan fingerprint density at radius 2 is 1.27 bits per heavy atom. The first kappa shape index (κ1) is 27.5. The Kier molecular flexibility index (Phi) is 6.14. The molecule has 2 aromatic carbocycles. The molecule has 2 unspecified atom stereocenters. The van der Waals surface area contributed by atoms with Crippen molar-refractivity contribution < 1.29 is 0 Å². The fourth-order valence-corrected chi connectivity index (χ4v) is 9.93. The van der Waals surface area contributed by atoms with Crippen LogP contribution >= 0.6 is 0 Å². The number of piperidine rings is 2. The highest BCUT2D eigenvalue weighted by atomic mass is 15.3. The number of aromatic nitrogens is 6. The van der Waals surface area contributed by atoms with E-state index in [1.54, 1.807) is 0 Å². The fraction of sp³-hybridized carbons (Fsp3) is 0.667. The number of hydrogen-bond donors (Lipinski definition) is 2. The number of benzene rings is 2. The first-order chi connectivity index (χ1) is 21.3. The highest BCUT2D eigenvalue weighted by molar-refractivity contribution is 5.81. The van der Waals surface area contributed by atoms with Crippen LogP contribution < -0.4 is 0 Å². The molecular formula is C36H48N8. The SMILES string of the molecule is C[C@H]1C2Cc3cc4n[nH]nc4cc3[C@@]1(C)CCN2CC1CC1.C[C@H]1C2Cc3ccc4n[nH]nc4c3[C@@]1(C)CCN2CC1CC1. The second-order valence-corrected chi connectivity index (χ2v) is 15.9. The van der Waals surface area contributed by atoms with Gasteiger partial charge in [0, 0.05) is 30.6 Å². The van der Waals surface area contributed by atoms with Crippen LogP contribution in [0.2, 0.25) is 0 Å². The predicted molar refractivity (Wildman–Crippen MR) is 174 cm³/mol. The molecule has 0 amide bonds. The number of hydrogen-bond acceptors (Lipinski definition) is 6. The normalized spacial score (nSPS) is 34.8. The molecule has 6 aliphatic rings. The number of likely N-dealkylation sites (tertiary alicyclic amines) is 2. The van der Waals surface area contributed by atoms with Crippen LogP contribution in [0.25, 0.3) is 22.1 Å². The second-order valence-electron chi connectivity index (χ2n) is 15.9. The summed E-state index contributed by atoms with van der Waals surface area (Å²) >= 11 is 0. The summed E-state index contributed by atoms with van der Waals surface area (Å²) in [4.78, 5) is 5.58. The largest absolute Gasteiger partial charge is 0.299 e. The van der Waals surface area contributed by atoms with Crippen LogP contribution in [0.5, 0.6) is 0 Å². The third-order valence-corrected chi connectivity index (χ3v) is 13.5. The van der Waals surface area contributed by atoms with E-state index in [0.717, 1.165) is 39.8 Å². The van der Waals surface area contributed by atoms with Crippen LogP contribution in [-0.2, 0) is 23.7 Å². The Balaban J connectivity index is 0.000000123. The van der Waals surface area contributed by atoms with Gasteiger partial charge in [0.2, 0.25) is 0 Å². The Hall–Kier alpha value is -2.84. The minimum atomic E-state index is 0.245. The van der Waals surface area contributed by atoms with Crippen molar-refractivity contribution in [1.29, 1.82) is 0 Å². The third kappa shape index (κ3) is 4.23. The van der Waals surface area contributed by atoms with E-state index >= 15 is 0 Å². The fourth-order valence-electron chi connectivity index (χ4n) is 9.93. The standard InChI is InChI=1S/2C18H24N4/c1-11-17-8-13-7-15-16(20-21-19-15)9-14(13)18(11,2)5-6-22(17)10-12-3-4-12;1-11-15-9-13-5-6-14-17(20-21-19-14)16(13)18(11,2)7-8-22(15)10-12-3-4-12/h7,9,11-12,17H,3-6,8,10H2,1-2H3,(H,19,20,21);5-6,11-12,15H,3-4,7-10H2,1-2H3,(H,19,20,21)/t11-,17?,18-;11-,15?,18-/m00/s1. The van der Waals surface area contributed by atoms with Crippen molar-refractivity contribution >= 4 is 22.1 Å². The van der Waals surface area contributed by atoms with Gasteiger partial charge in [-0.25, -0.2) is 0 Å². The van der Waals surface area contributed by atoms with Crippen LogP contribution in [0.15, 0.2) is 24.3 Å². The van der Waals surface area contributed by atoms with Crippen molar-refractivity contribution in [1.82, 2.24) is 40.6 Å². The number of H-pyrrole nitrogens is 2. The molecule has 10 rings (SSSR count). The topological polar surface area (TPSA) is 89.6 Å². The molecule has 4 aromatic rings. The van der Waals surface area contributed by atoms with Gasteiger partial charge in [-0.15, -0.1) is 0 Å². The molecule has 4 aliphatic carbocycles. The van der Waals surface area contributed by atoms with Crippen LogP contribution in [0.4, 0.5) is 0 Å². The number of rotatable bonds is 4. The van der Waals surface area contributed by atoms with Gasteiger partial charge in [-0.3, -0.25) is 9.80 Å². The summed E-state index contributed by atoms with van der Waals surface area (Å²) < 4.78 is 0. The van der Waals surface area contributed by atoms with Crippen LogP contribution in [0.3, 0.4) is 0 Å². The first-order valence-corrected chi connectivity index (χ1v) is 17.5. The number of nitrogens with one attached hydrogen (secondary N) is 2. The van der Waals surface area contributed by atoms with E-state index in [1.165, 1.54) is 99.8 Å². The molecule has 2 saturated carbocycles. The summed E-state index contributed by atoms with van der Waals surface area (Å²) in [6.45, 7) is 15.0. The lowest BCUT2D eigenvalue weighted by atomic mass is 9.58. The zero-order valence-electron chi connectivity index (χ0n) is 26.9. The van der Waals surface area contributed by atoms with Crippen molar-refractivity contribution in [2.24, 2.45) is 23.7 Å². The summed E-state index contributed by atoms with van der Waals surface area (Å²) in [7, 11) is 0. The highest BCUT2D eigenvalue weighted by Gasteiger charge is 2.51. The minimum absolute atomic E-state index is 0.245. The van der Waals surface area contributed by atoms with Gasteiger partial charge in [0.15, 0.2) is 0 Å². The maximum absolute atomic E-state index is 4.49. The quantitative estimate of drug-likeness (QED) is 0.312. The third-order valence-electron chi connectivity index (χ3n) is 13.5. The summed E-state index contributed by atoms with van der Waals surface area (Å²) in [5, 5.41) is 23.0. The molecule has 8 heteroatoms. The number of nitrogens with zero attached hydrogens (tertiary/aromatic N) is 6. The Morgan fingerprint density at radius 3 is 1.95 bits per heavy atom. The van der Waals surface area contributed by atoms with Crippen molar-refractivity contribution in [3.8, 4) is 0 Å². The van der Waals surface area contributed by atoms with E-state index in [1.807, 2.05) is 0 Å². The van der Waals surface area contributed by atoms with Gasteiger partial charge in [-0.1, -0.05) is 33.8 Å². The van der Waals surface area contributed by atoms with Gasteiger partial charge in [0.25, 0.3) is 0 Å². The molecular weight excluding hydrogens is 544 g/mol. The van der Waals surface area contributed by atoms with Crippen molar-refractivity contribution in [2.45, 2.75) is 102 Å². The van der Waals surface area contributed by atoms with Gasteiger partial charge in [-0.05, 0) is 134 Å². The molecule has 0 spiro atoms. The molecule has 4 heterocycles. The lowest BCUT2D eigenvalue weighted by Gasteiger charge is -2.54. The van der Waals surface area contributed by atoms with Gasteiger partial charge in [0.05, 0.1) is 0 Å². The lowest BCUT2D eigenvalue weighted by molar-refractivity contribution is 0.0285. The van der Waals surface area contributed by atoms with E-state index in [-0.39, 0.29) is 5.41 Å². The molecule has 6 atom stereocenters. The monoisotopic (exact) mass is 592 g/mol. The van der Waals surface area contributed by atoms with Crippen molar-refractivity contribution in [3.63, 3.8) is 0 Å². The maximum Gasteiger partial charge on any atom is 0.116 e. The Labute approximate surface area is 260 Å². The molecule has 2 aromatic heterocycles. The molecule has 8 nitrogen and oxygen atoms in total. The number of fused-ring (bicyclic) bond motifs is 11. The molecule has 2 aliphatic heterocycles. The number of aromatic amines is 2. The Bertz CT molecular complexity index is 1700. The molecule has 232 valence electrons. The summed E-state index contributed by atoms with van der Waals surface area (Å²) in [5.41, 5.74) is 10.7. The molecule has 4 bridgehead atoms. The molecule has 4 fully saturated rings. The smallest absolute Gasteiger partial charge is 0.116 e. The van der Waals surface area contributed by atoms with Gasteiger partial charge in [-0.2, -0.15) is 30.8 Å². The molecule has 44 heavy (non-hydrogen) atoms. The Morgan fingerprint density at radius 1 is 0.705 bits per heavy atom. The van der Waals surface area contributed by atoms with Gasteiger partial charge in [0.1, 0.15) is 22.1 Å². The second kappa shape index (κ2) is 9.83. The zero-order valence-corrected chi connectivity index (χ0v) is 26.9. The molecule has 2 N–H and O–H groups in total. The van der Waals surface area contributed by atoms with Crippen LogP contribution in [-0.4, -0.2) is 78.9 Å². The average Bonchev–Trinajstić information content (AvgIpc) is 3.92. The predicted octanol–water partition coefficient (Wildman–Crippen LogP) is 5.78. The minimum Gasteiger partial charge on any atom is -0.299 e. The highest BCUT2D eigenvalue weighted by Crippen LogP contribution is 2.52. The maximum atomic E-state index is 4.49. The summed E-state index contributed by atoms with van der Waals surface area (Å²) in [6, 6.07) is 10.4. The first-order valence-electron chi connectivity index (χ1n) is 17.5. The summed E-state index contributed by atoms with van der Waals surface area (Å²) in [5.74, 6) is 3.37. The van der Waals surface area contributed by atoms with E-state index in [4.69, 9.17) is 0 Å². The van der Waals surface area contributed by atoms with Crippen LogP contribution in [0.1, 0.15) is 88.5 Å². The van der Waals surface area contributed by atoms with Crippen molar-refractivity contribution in [2.75, 3.05) is 26.2 Å². The lowest BCUT2D eigenvalue weighted by Crippen LogP contribution is -2.58. The van der Waals surface area contributed by atoms with E-state index in [0.29, 0.717) is 23.4 Å². The van der Waals surface area contributed by atoms with Crippen LogP contribution in [0, 0.1) is 23.7 Å². The molecule has 0 radical (unpaired) electrons. The zero-order chi connectivity index (χ0) is 29.8. The van der Waals surface area contributed by atoms with Gasteiger partial charge >= 0.3 is 0 Å². The van der Waals surface area contributed by atoms with Crippen molar-refractivity contribution in [3.05, 3.63) is 46.5 Å². The van der Waals surface area contributed by atoms with E-state index < -0.39 is 0 Å². The average molecular weight is 593 g/mol. The van der Waals surface area contributed by atoms with E-state index in [2.05, 4.69) is 92.6 Å². The van der Waals surface area contributed by atoms with Gasteiger partial charge < -0.3 is 0 Å². The van der Waals surface area contributed by atoms with E-state index in [9.17, 15) is 0 Å². The molecule has 2 saturated heterocycles.